The summed E-state index contributed by atoms with van der Waals surface area (Å²) >= 11 is 0. The number of hydrogen-bond acceptors (Lipinski definition) is 6. The van der Waals surface area contributed by atoms with E-state index in [9.17, 15) is 19.8 Å². The van der Waals surface area contributed by atoms with E-state index in [1.165, 1.54) is 11.0 Å². The molecule has 1 aliphatic rings. The molecule has 8 nitrogen and oxygen atoms in total. The van der Waals surface area contributed by atoms with Gasteiger partial charge in [0, 0.05) is 39.3 Å². The maximum atomic E-state index is 13.2. The summed E-state index contributed by atoms with van der Waals surface area (Å²) in [7, 11) is 5.70. The number of amides is 2. The number of rotatable bonds is 10. The van der Waals surface area contributed by atoms with Crippen molar-refractivity contribution in [2.24, 2.45) is 0 Å². The van der Waals surface area contributed by atoms with Crippen LogP contribution >= 0.6 is 0 Å². The van der Waals surface area contributed by atoms with E-state index in [0.717, 1.165) is 48.8 Å². The van der Waals surface area contributed by atoms with Crippen molar-refractivity contribution in [3.8, 4) is 17.2 Å². The van der Waals surface area contributed by atoms with Gasteiger partial charge in [-0.15, -0.1) is 0 Å². The third-order valence-corrected chi connectivity index (χ3v) is 5.97. The lowest BCUT2D eigenvalue weighted by atomic mass is 10.1. The van der Waals surface area contributed by atoms with Gasteiger partial charge < -0.3 is 29.6 Å². The molecule has 3 rings (SSSR count). The summed E-state index contributed by atoms with van der Waals surface area (Å²) in [5.74, 6) is -0.713. The summed E-state index contributed by atoms with van der Waals surface area (Å²) < 4.78 is 5.85. The topological polar surface area (TPSA) is 93.6 Å². The van der Waals surface area contributed by atoms with Crippen molar-refractivity contribution in [3.05, 3.63) is 52.6 Å². The number of unbranched alkanes of at least 4 members (excludes halogenated alkanes) is 1. The SMILES string of the molecule is CCCCN(C)C(=O)c1cc(C(=O)N2Cc3ccc(OCCCN(C)C)cc3C2)c(O)cc1O. The van der Waals surface area contributed by atoms with E-state index in [1.54, 1.807) is 11.9 Å². The second-order valence-corrected chi connectivity index (χ2v) is 9.06. The molecule has 0 fully saturated rings. The van der Waals surface area contributed by atoms with Gasteiger partial charge in [-0.25, -0.2) is 0 Å². The zero-order valence-corrected chi connectivity index (χ0v) is 20.5. The Bertz CT molecular complexity index is 1040. The van der Waals surface area contributed by atoms with E-state index >= 15 is 0 Å². The third kappa shape index (κ3) is 5.99. The summed E-state index contributed by atoms with van der Waals surface area (Å²) in [4.78, 5) is 31.3. The standard InChI is InChI=1S/C26H35N3O5/c1-5-6-11-28(4)25(32)21-14-22(24(31)15-23(21)30)26(33)29-16-18-8-9-20(13-19(18)17-29)34-12-7-10-27(2)3/h8-9,13-15,30-31H,5-7,10-12,16-17H2,1-4H3. The average molecular weight is 470 g/mol. The molecule has 34 heavy (non-hydrogen) atoms. The lowest BCUT2D eigenvalue weighted by molar-refractivity contribution is 0.0748. The lowest BCUT2D eigenvalue weighted by Gasteiger charge is -2.20. The summed E-state index contributed by atoms with van der Waals surface area (Å²) in [6, 6.07) is 8.17. The fourth-order valence-electron chi connectivity index (χ4n) is 3.97. The van der Waals surface area contributed by atoms with Crippen LogP contribution in [0.4, 0.5) is 0 Å². The number of aromatic hydroxyl groups is 2. The van der Waals surface area contributed by atoms with Crippen LogP contribution in [0.25, 0.3) is 0 Å². The van der Waals surface area contributed by atoms with E-state index in [2.05, 4.69) is 4.90 Å². The molecule has 0 radical (unpaired) electrons. The number of benzene rings is 2. The van der Waals surface area contributed by atoms with Gasteiger partial charge in [-0.05, 0) is 56.3 Å². The van der Waals surface area contributed by atoms with Gasteiger partial charge in [-0.1, -0.05) is 19.4 Å². The molecule has 0 saturated carbocycles. The number of phenolic OH excluding ortho intramolecular Hbond substituents is 2. The normalized spacial score (nSPS) is 12.7. The molecule has 1 heterocycles. The first-order chi connectivity index (χ1) is 16.2. The van der Waals surface area contributed by atoms with Crippen LogP contribution in [-0.4, -0.2) is 77.6 Å². The quantitative estimate of drug-likeness (QED) is 0.518. The molecule has 0 saturated heterocycles. The highest BCUT2D eigenvalue weighted by Gasteiger charge is 2.28. The Labute approximate surface area is 201 Å². The summed E-state index contributed by atoms with van der Waals surface area (Å²) in [5.41, 5.74) is 2.01. The Morgan fingerprint density at radius 2 is 1.65 bits per heavy atom. The molecule has 0 aliphatic carbocycles. The predicted molar refractivity (Wildman–Crippen MR) is 130 cm³/mol. The van der Waals surface area contributed by atoms with Crippen molar-refractivity contribution in [1.29, 1.82) is 0 Å². The highest BCUT2D eigenvalue weighted by atomic mass is 16.5. The minimum Gasteiger partial charge on any atom is -0.507 e. The molecule has 0 spiro atoms. The zero-order chi connectivity index (χ0) is 24.8. The Morgan fingerprint density at radius 3 is 2.35 bits per heavy atom. The summed E-state index contributed by atoms with van der Waals surface area (Å²) in [5, 5.41) is 20.6. The van der Waals surface area contributed by atoms with Crippen molar-refractivity contribution < 1.29 is 24.5 Å². The number of hydrogen-bond donors (Lipinski definition) is 2. The van der Waals surface area contributed by atoms with Gasteiger partial charge in [0.2, 0.25) is 0 Å². The minimum atomic E-state index is -0.396. The number of nitrogens with zero attached hydrogens (tertiary/aromatic N) is 3. The molecule has 184 valence electrons. The maximum Gasteiger partial charge on any atom is 0.258 e. The van der Waals surface area contributed by atoms with Crippen molar-refractivity contribution in [2.45, 2.75) is 39.3 Å². The van der Waals surface area contributed by atoms with E-state index in [1.807, 2.05) is 39.2 Å². The van der Waals surface area contributed by atoms with Gasteiger partial charge in [0.15, 0.2) is 0 Å². The molecule has 8 heteroatoms. The molecule has 0 unspecified atom stereocenters. The number of fused-ring (bicyclic) bond motifs is 1. The Morgan fingerprint density at radius 1 is 0.941 bits per heavy atom. The number of carbonyl (C=O) groups is 2. The largest absolute Gasteiger partial charge is 0.507 e. The molecule has 0 bridgehead atoms. The maximum absolute atomic E-state index is 13.2. The second kappa shape index (κ2) is 11.2. The van der Waals surface area contributed by atoms with Gasteiger partial charge in [-0.2, -0.15) is 0 Å². The van der Waals surface area contributed by atoms with Crippen LogP contribution < -0.4 is 4.74 Å². The highest BCUT2D eigenvalue weighted by Crippen LogP contribution is 2.33. The van der Waals surface area contributed by atoms with Crippen LogP contribution in [0.5, 0.6) is 17.2 Å². The van der Waals surface area contributed by atoms with Gasteiger partial charge >= 0.3 is 0 Å². The molecule has 2 N–H and O–H groups in total. The van der Waals surface area contributed by atoms with Gasteiger partial charge in [0.1, 0.15) is 17.2 Å². The zero-order valence-electron chi connectivity index (χ0n) is 20.5. The summed E-state index contributed by atoms with van der Waals surface area (Å²) in [6.07, 6.45) is 2.69. The van der Waals surface area contributed by atoms with Crippen LogP contribution in [-0.2, 0) is 13.1 Å². The minimum absolute atomic E-state index is 0.00185. The molecular weight excluding hydrogens is 434 g/mol. The van der Waals surface area contributed by atoms with Crippen LogP contribution in [0, 0.1) is 0 Å². The van der Waals surface area contributed by atoms with Crippen molar-refractivity contribution >= 4 is 11.8 Å². The van der Waals surface area contributed by atoms with Crippen LogP contribution in [0.15, 0.2) is 30.3 Å². The van der Waals surface area contributed by atoms with Crippen LogP contribution in [0.2, 0.25) is 0 Å². The summed E-state index contributed by atoms with van der Waals surface area (Å²) in [6.45, 7) is 4.91. The number of phenols is 2. The molecule has 2 aromatic rings. The van der Waals surface area contributed by atoms with E-state index in [-0.39, 0.29) is 28.5 Å². The molecule has 2 amide bonds. The first-order valence-corrected chi connectivity index (χ1v) is 11.7. The molecule has 2 aromatic carbocycles. The third-order valence-electron chi connectivity index (χ3n) is 5.97. The van der Waals surface area contributed by atoms with Crippen molar-refractivity contribution in [3.63, 3.8) is 0 Å². The predicted octanol–water partition coefficient (Wildman–Crippen LogP) is 3.46. The lowest BCUT2D eigenvalue weighted by Crippen LogP contribution is -2.29. The molecule has 0 aromatic heterocycles. The Kier molecular flexibility index (Phi) is 8.39. The van der Waals surface area contributed by atoms with Gasteiger partial charge in [-0.3, -0.25) is 9.59 Å². The first kappa shape index (κ1) is 25.4. The monoisotopic (exact) mass is 469 g/mol. The highest BCUT2D eigenvalue weighted by molar-refractivity contribution is 6.03. The molecular formula is C26H35N3O5. The average Bonchev–Trinajstić information content (AvgIpc) is 3.23. The van der Waals surface area contributed by atoms with E-state index < -0.39 is 5.91 Å². The van der Waals surface area contributed by atoms with Gasteiger partial charge in [0.05, 0.1) is 17.7 Å². The number of ether oxygens (including phenoxy) is 1. The number of carbonyl (C=O) groups excluding carboxylic acids is 2. The van der Waals surface area contributed by atoms with E-state index in [0.29, 0.717) is 26.2 Å². The Balaban J connectivity index is 1.72. The van der Waals surface area contributed by atoms with Crippen molar-refractivity contribution in [1.82, 2.24) is 14.7 Å². The van der Waals surface area contributed by atoms with E-state index in [4.69, 9.17) is 4.74 Å². The van der Waals surface area contributed by atoms with Crippen LogP contribution in [0.3, 0.4) is 0 Å². The Hall–Kier alpha value is -3.26. The fourth-order valence-corrected chi connectivity index (χ4v) is 3.97. The fraction of sp³-hybridized carbons (Fsp3) is 0.462. The molecule has 0 atom stereocenters. The first-order valence-electron chi connectivity index (χ1n) is 11.7. The second-order valence-electron chi connectivity index (χ2n) is 9.06. The van der Waals surface area contributed by atoms with Crippen LogP contribution in [0.1, 0.15) is 58.0 Å². The molecule has 1 aliphatic heterocycles. The van der Waals surface area contributed by atoms with Crippen molar-refractivity contribution in [2.75, 3.05) is 40.8 Å². The smallest absolute Gasteiger partial charge is 0.258 e. The van der Waals surface area contributed by atoms with Gasteiger partial charge in [0.25, 0.3) is 11.8 Å².